The molecule has 0 amide bonds. The summed E-state index contributed by atoms with van der Waals surface area (Å²) >= 11 is 0. The first-order chi connectivity index (χ1) is 9.52. The summed E-state index contributed by atoms with van der Waals surface area (Å²) in [5.74, 6) is 0.205. The number of ether oxygens (including phenoxy) is 1. The summed E-state index contributed by atoms with van der Waals surface area (Å²) in [4.78, 5) is 0. The molecule has 8 heteroatoms. The van der Waals surface area contributed by atoms with Gasteiger partial charge in [-0.3, -0.25) is 0 Å². The molecule has 0 aliphatic heterocycles. The van der Waals surface area contributed by atoms with Gasteiger partial charge in [0.15, 0.2) is 5.65 Å². The predicted molar refractivity (Wildman–Crippen MR) is 62.3 cm³/mol. The first-order valence-electron chi connectivity index (χ1n) is 5.54. The first-order valence-corrected chi connectivity index (χ1v) is 5.54. The minimum absolute atomic E-state index is 0.0553. The molecule has 2 aromatic heterocycles. The van der Waals surface area contributed by atoms with Crippen molar-refractivity contribution in [2.45, 2.75) is 6.18 Å². The molecular formula is C12H7F3N4O. The summed E-state index contributed by atoms with van der Waals surface area (Å²) in [7, 11) is 0. The van der Waals surface area contributed by atoms with E-state index in [1.807, 2.05) is 0 Å². The van der Waals surface area contributed by atoms with Crippen molar-refractivity contribution in [3.05, 3.63) is 48.3 Å². The van der Waals surface area contributed by atoms with E-state index in [0.29, 0.717) is 5.65 Å². The van der Waals surface area contributed by atoms with Crippen molar-refractivity contribution in [1.29, 1.82) is 0 Å². The fourth-order valence-electron chi connectivity index (χ4n) is 1.62. The van der Waals surface area contributed by atoms with Crippen LogP contribution in [0.4, 0.5) is 13.2 Å². The molecule has 0 aliphatic rings. The molecule has 0 unspecified atom stereocenters. The highest BCUT2D eigenvalue weighted by atomic mass is 19.4. The SMILES string of the molecule is FC(F)(F)c1cccc(Oc2ccc3nncn3n2)c1. The van der Waals surface area contributed by atoms with Crippen LogP contribution in [-0.4, -0.2) is 19.8 Å². The van der Waals surface area contributed by atoms with Crippen LogP contribution in [0.3, 0.4) is 0 Å². The van der Waals surface area contributed by atoms with Crippen LogP contribution in [0.15, 0.2) is 42.7 Å². The van der Waals surface area contributed by atoms with Gasteiger partial charge in [-0.25, -0.2) is 0 Å². The number of nitrogens with zero attached hydrogens (tertiary/aromatic N) is 4. The number of aromatic nitrogens is 4. The minimum atomic E-state index is -4.41. The molecule has 0 saturated heterocycles. The Balaban J connectivity index is 1.90. The summed E-state index contributed by atoms with van der Waals surface area (Å²) in [6, 6.07) is 7.69. The molecular weight excluding hydrogens is 273 g/mol. The summed E-state index contributed by atoms with van der Waals surface area (Å²) < 4.78 is 44.4. The fourth-order valence-corrected chi connectivity index (χ4v) is 1.62. The average Bonchev–Trinajstić information content (AvgIpc) is 2.85. The lowest BCUT2D eigenvalue weighted by Gasteiger charge is -2.09. The molecule has 0 fully saturated rings. The number of alkyl halides is 3. The molecule has 0 N–H and O–H groups in total. The molecule has 0 atom stereocenters. The third-order valence-electron chi connectivity index (χ3n) is 2.52. The highest BCUT2D eigenvalue weighted by molar-refractivity contribution is 5.38. The van der Waals surface area contributed by atoms with Gasteiger partial charge in [0.05, 0.1) is 5.56 Å². The Morgan fingerprint density at radius 2 is 1.95 bits per heavy atom. The van der Waals surface area contributed by atoms with Gasteiger partial charge in [-0.2, -0.15) is 17.7 Å². The van der Waals surface area contributed by atoms with Crippen molar-refractivity contribution < 1.29 is 17.9 Å². The molecule has 1 aromatic carbocycles. The summed E-state index contributed by atoms with van der Waals surface area (Å²) in [5.41, 5.74) is -0.262. The highest BCUT2D eigenvalue weighted by Gasteiger charge is 2.30. The standard InChI is InChI=1S/C12H7F3N4O/c13-12(14,15)8-2-1-3-9(6-8)20-11-5-4-10-17-16-7-19(10)18-11/h1-7H. The van der Waals surface area contributed by atoms with Crippen molar-refractivity contribution in [2.24, 2.45) is 0 Å². The van der Waals surface area contributed by atoms with Gasteiger partial charge in [-0.05, 0) is 24.3 Å². The Morgan fingerprint density at radius 1 is 1.10 bits per heavy atom. The normalized spacial score (nSPS) is 11.8. The molecule has 5 nitrogen and oxygen atoms in total. The van der Waals surface area contributed by atoms with Crippen LogP contribution in [0.5, 0.6) is 11.6 Å². The second-order valence-electron chi connectivity index (χ2n) is 3.93. The van der Waals surface area contributed by atoms with E-state index in [1.54, 1.807) is 6.07 Å². The minimum Gasteiger partial charge on any atom is -0.438 e. The topological polar surface area (TPSA) is 52.3 Å². The molecule has 0 spiro atoms. The van der Waals surface area contributed by atoms with Crippen molar-refractivity contribution in [3.8, 4) is 11.6 Å². The lowest BCUT2D eigenvalue weighted by molar-refractivity contribution is -0.137. The van der Waals surface area contributed by atoms with E-state index in [4.69, 9.17) is 4.74 Å². The van der Waals surface area contributed by atoms with Crippen molar-refractivity contribution in [2.75, 3.05) is 0 Å². The molecule has 0 saturated carbocycles. The zero-order chi connectivity index (χ0) is 14.2. The smallest absolute Gasteiger partial charge is 0.416 e. The van der Waals surface area contributed by atoms with Crippen LogP contribution < -0.4 is 4.74 Å². The second kappa shape index (κ2) is 4.48. The fraction of sp³-hybridized carbons (Fsp3) is 0.0833. The van der Waals surface area contributed by atoms with Crippen LogP contribution in [0.1, 0.15) is 5.56 Å². The molecule has 3 rings (SSSR count). The van der Waals surface area contributed by atoms with Gasteiger partial charge in [0, 0.05) is 6.07 Å². The maximum atomic E-state index is 12.6. The van der Waals surface area contributed by atoms with E-state index in [9.17, 15) is 13.2 Å². The molecule has 0 bridgehead atoms. The number of fused-ring (bicyclic) bond motifs is 1. The Morgan fingerprint density at radius 3 is 2.75 bits per heavy atom. The van der Waals surface area contributed by atoms with E-state index in [1.165, 1.54) is 29.0 Å². The lowest BCUT2D eigenvalue weighted by atomic mass is 10.2. The molecule has 3 aromatic rings. The van der Waals surface area contributed by atoms with Crippen molar-refractivity contribution in [3.63, 3.8) is 0 Å². The summed E-state index contributed by atoms with van der Waals surface area (Å²) in [6.07, 6.45) is -3.04. The maximum Gasteiger partial charge on any atom is 0.416 e. The van der Waals surface area contributed by atoms with Crippen molar-refractivity contribution >= 4 is 5.65 Å². The van der Waals surface area contributed by atoms with Crippen LogP contribution in [0.2, 0.25) is 0 Å². The van der Waals surface area contributed by atoms with Gasteiger partial charge in [0.1, 0.15) is 12.1 Å². The van der Waals surface area contributed by atoms with Crippen LogP contribution >= 0.6 is 0 Å². The van der Waals surface area contributed by atoms with E-state index in [2.05, 4.69) is 15.3 Å². The number of hydrogen-bond donors (Lipinski definition) is 0. The van der Waals surface area contributed by atoms with E-state index >= 15 is 0 Å². The molecule has 0 radical (unpaired) electrons. The Hall–Kier alpha value is -2.64. The number of halogens is 3. The highest BCUT2D eigenvalue weighted by Crippen LogP contribution is 2.32. The van der Waals surface area contributed by atoms with Gasteiger partial charge >= 0.3 is 6.18 Å². The molecule has 0 aliphatic carbocycles. The van der Waals surface area contributed by atoms with Crippen LogP contribution in [0.25, 0.3) is 5.65 Å². The largest absolute Gasteiger partial charge is 0.438 e. The number of rotatable bonds is 2. The zero-order valence-electron chi connectivity index (χ0n) is 9.87. The maximum absolute atomic E-state index is 12.6. The van der Waals surface area contributed by atoms with Gasteiger partial charge < -0.3 is 4.74 Å². The zero-order valence-corrected chi connectivity index (χ0v) is 9.87. The molecule has 20 heavy (non-hydrogen) atoms. The second-order valence-corrected chi connectivity index (χ2v) is 3.93. The van der Waals surface area contributed by atoms with Crippen LogP contribution in [0, 0.1) is 0 Å². The van der Waals surface area contributed by atoms with Gasteiger partial charge in [-0.15, -0.1) is 15.3 Å². The Bertz CT molecular complexity index is 754. The first kappa shape index (κ1) is 12.4. The Labute approximate surface area is 110 Å². The average molecular weight is 280 g/mol. The Kier molecular flexibility index (Phi) is 2.78. The van der Waals surface area contributed by atoms with Crippen LogP contribution in [-0.2, 0) is 6.18 Å². The van der Waals surface area contributed by atoms with E-state index < -0.39 is 11.7 Å². The molecule has 102 valence electrons. The number of hydrogen-bond acceptors (Lipinski definition) is 4. The third kappa shape index (κ3) is 2.40. The van der Waals surface area contributed by atoms with E-state index in [-0.39, 0.29) is 11.6 Å². The van der Waals surface area contributed by atoms with E-state index in [0.717, 1.165) is 12.1 Å². The quantitative estimate of drug-likeness (QED) is 0.724. The third-order valence-corrected chi connectivity index (χ3v) is 2.52. The summed E-state index contributed by atoms with van der Waals surface area (Å²) in [5, 5.41) is 11.4. The molecule has 2 heterocycles. The van der Waals surface area contributed by atoms with Crippen molar-refractivity contribution in [1.82, 2.24) is 19.8 Å². The summed E-state index contributed by atoms with van der Waals surface area (Å²) in [6.45, 7) is 0. The van der Waals surface area contributed by atoms with Gasteiger partial charge in [0.2, 0.25) is 5.88 Å². The predicted octanol–water partition coefficient (Wildman–Crippen LogP) is 2.94. The number of benzene rings is 1. The van der Waals surface area contributed by atoms with Gasteiger partial charge in [-0.1, -0.05) is 6.07 Å². The monoisotopic (exact) mass is 280 g/mol. The lowest BCUT2D eigenvalue weighted by Crippen LogP contribution is -2.04. The van der Waals surface area contributed by atoms with Gasteiger partial charge in [0.25, 0.3) is 0 Å².